The summed E-state index contributed by atoms with van der Waals surface area (Å²) in [6, 6.07) is 16.3. The highest BCUT2D eigenvalue weighted by Gasteiger charge is 2.34. The van der Waals surface area contributed by atoms with Gasteiger partial charge >= 0.3 is 6.18 Å². The summed E-state index contributed by atoms with van der Waals surface area (Å²) in [6.45, 7) is 0.250. The number of halogens is 4. The van der Waals surface area contributed by atoms with Crippen LogP contribution in [0.1, 0.15) is 35.2 Å². The normalized spacial score (nSPS) is 17.6. The fraction of sp³-hybridized carbons (Fsp3) is 0.250. The fourth-order valence-electron chi connectivity index (χ4n) is 4.60. The Bertz CT molecular complexity index is 1500. The number of nitrogens with one attached hydrogen (secondary N) is 4. The molecule has 1 atom stereocenters. The third kappa shape index (κ3) is 6.18. The Morgan fingerprint density at radius 1 is 1.05 bits per heavy atom. The molecule has 41 heavy (non-hydrogen) atoms. The topological polar surface area (TPSA) is 127 Å². The van der Waals surface area contributed by atoms with Crippen LogP contribution in [0.25, 0.3) is 0 Å². The van der Waals surface area contributed by atoms with Crippen molar-refractivity contribution in [2.45, 2.75) is 31.4 Å². The molecule has 1 aromatic heterocycles. The van der Waals surface area contributed by atoms with E-state index < -0.39 is 41.9 Å². The number of nitrogens with zero attached hydrogens (tertiary/aromatic N) is 3. The van der Waals surface area contributed by atoms with Crippen LogP contribution in [0.15, 0.2) is 71.9 Å². The average Bonchev–Trinajstić information content (AvgIpc) is 3.09. The van der Waals surface area contributed by atoms with Gasteiger partial charge < -0.3 is 20.3 Å². The second kappa shape index (κ2) is 11.4. The molecule has 1 fully saturated rings. The lowest BCUT2D eigenvalue weighted by atomic mass is 10.0. The molecule has 0 radical (unpaired) electrons. The van der Waals surface area contributed by atoms with E-state index in [0.717, 1.165) is 11.6 Å². The Kier molecular flexibility index (Phi) is 7.68. The number of para-hydroxylation sites is 1. The largest absolute Gasteiger partial charge is 0.417 e. The van der Waals surface area contributed by atoms with Gasteiger partial charge in [0.05, 0.1) is 22.6 Å². The number of benzene rings is 2. The minimum absolute atomic E-state index is 0.0587. The number of pyridine rings is 1. The summed E-state index contributed by atoms with van der Waals surface area (Å²) in [5.74, 6) is -1.32. The first kappa shape index (κ1) is 27.7. The van der Waals surface area contributed by atoms with E-state index in [9.17, 15) is 22.4 Å². The fourth-order valence-corrected chi connectivity index (χ4v) is 4.60. The highest BCUT2D eigenvalue weighted by molar-refractivity contribution is 6.19. The lowest BCUT2D eigenvalue weighted by Gasteiger charge is -2.32. The van der Waals surface area contributed by atoms with Gasteiger partial charge in [0, 0.05) is 30.4 Å². The molecule has 9 nitrogen and oxygen atoms in total. The number of carbonyl (C=O) groups excluding carboxylic acids is 1. The van der Waals surface area contributed by atoms with Crippen LogP contribution in [0.3, 0.4) is 0 Å². The Labute approximate surface area is 232 Å². The molecule has 5 rings (SSSR count). The molecule has 13 heteroatoms. The van der Waals surface area contributed by atoms with Crippen molar-refractivity contribution in [1.82, 2.24) is 10.3 Å². The summed E-state index contributed by atoms with van der Waals surface area (Å²) in [5.41, 5.74) is 1.02. The summed E-state index contributed by atoms with van der Waals surface area (Å²) in [4.78, 5) is 22.9. The van der Waals surface area contributed by atoms with Gasteiger partial charge in [-0.15, -0.1) is 0 Å². The molecule has 2 aliphatic heterocycles. The monoisotopic (exact) mass is 567 g/mol. The number of alkyl halides is 4. The number of hydrogen-bond donors (Lipinski definition) is 4. The predicted octanol–water partition coefficient (Wildman–Crippen LogP) is 4.72. The molecule has 3 heterocycles. The number of ether oxygens (including phenoxy) is 1. The van der Waals surface area contributed by atoms with Gasteiger partial charge in [-0.05, 0) is 25.0 Å². The number of benzodiazepines with no additional fused rings is 1. The quantitative estimate of drug-likeness (QED) is 0.206. The molecular weight excluding hydrogens is 542 g/mol. The van der Waals surface area contributed by atoms with Gasteiger partial charge in [-0.2, -0.15) is 13.2 Å². The van der Waals surface area contributed by atoms with E-state index in [2.05, 4.69) is 20.6 Å². The van der Waals surface area contributed by atoms with Crippen LogP contribution < -0.4 is 15.5 Å². The average molecular weight is 568 g/mol. The molecule has 4 N–H and O–H groups in total. The Morgan fingerprint density at radius 3 is 2.44 bits per heavy atom. The van der Waals surface area contributed by atoms with Gasteiger partial charge in [-0.1, -0.05) is 48.5 Å². The van der Waals surface area contributed by atoms with Crippen LogP contribution in [0.4, 0.5) is 28.9 Å². The smallest absolute Gasteiger partial charge is 0.405 e. The zero-order chi connectivity index (χ0) is 29.1. The van der Waals surface area contributed by atoms with Crippen LogP contribution in [0.2, 0.25) is 0 Å². The first-order valence-electron chi connectivity index (χ1n) is 12.7. The third-order valence-electron chi connectivity index (χ3n) is 6.64. The minimum Gasteiger partial charge on any atom is -0.405 e. The van der Waals surface area contributed by atoms with Crippen molar-refractivity contribution in [2.24, 2.45) is 4.99 Å². The van der Waals surface area contributed by atoms with Gasteiger partial charge in [0.2, 0.25) is 12.1 Å². The van der Waals surface area contributed by atoms with Crippen molar-refractivity contribution < 1.29 is 27.1 Å². The lowest BCUT2D eigenvalue weighted by molar-refractivity contribution is -0.137. The summed E-state index contributed by atoms with van der Waals surface area (Å²) in [5, 5.41) is 22.0. The van der Waals surface area contributed by atoms with Crippen molar-refractivity contribution in [3.05, 3.63) is 89.2 Å². The Balaban J connectivity index is 1.39. The van der Waals surface area contributed by atoms with Crippen LogP contribution in [0, 0.1) is 10.8 Å². The number of anilines is 2. The molecule has 1 saturated heterocycles. The van der Waals surface area contributed by atoms with Gasteiger partial charge in [0.25, 0.3) is 11.9 Å². The molecule has 0 aliphatic carbocycles. The number of amidine groups is 1. The molecule has 2 aliphatic rings. The molecular formula is C28H25F4N7O2. The third-order valence-corrected chi connectivity index (χ3v) is 6.64. The summed E-state index contributed by atoms with van der Waals surface area (Å²) in [7, 11) is 0. The van der Waals surface area contributed by atoms with Crippen molar-refractivity contribution >= 4 is 34.9 Å². The van der Waals surface area contributed by atoms with E-state index >= 15 is 0 Å². The number of fused-ring (bicyclic) bond motifs is 1. The minimum atomic E-state index is -4.69. The van der Waals surface area contributed by atoms with Crippen molar-refractivity contribution in [3.63, 3.8) is 0 Å². The van der Waals surface area contributed by atoms with Gasteiger partial charge in [0.15, 0.2) is 0 Å². The Morgan fingerprint density at radius 2 is 1.73 bits per heavy atom. The zero-order valence-corrected chi connectivity index (χ0v) is 21.5. The highest BCUT2D eigenvalue weighted by atomic mass is 19.4. The molecule has 0 bridgehead atoms. The lowest BCUT2D eigenvalue weighted by Crippen LogP contribution is -2.43. The number of piperidine rings is 1. The SMILES string of the molecule is N=C(N[C@H]1N=C(c2ccccc2)c2ccccc2NC1=O)OC(=N)c1ncc(C(F)(F)F)cc1N1CCC(F)CC1. The predicted molar refractivity (Wildman–Crippen MR) is 145 cm³/mol. The first-order valence-corrected chi connectivity index (χ1v) is 12.7. The molecule has 0 unspecified atom stereocenters. The second-order valence-electron chi connectivity index (χ2n) is 9.44. The zero-order valence-electron chi connectivity index (χ0n) is 21.5. The Hall–Kier alpha value is -4.81. The van der Waals surface area contributed by atoms with E-state index in [1.54, 1.807) is 24.3 Å². The van der Waals surface area contributed by atoms with E-state index in [-0.39, 0.29) is 37.3 Å². The van der Waals surface area contributed by atoms with Gasteiger partial charge in [-0.25, -0.2) is 14.4 Å². The number of aliphatic imine (C=N–C) groups is 1. The standard InChI is InChI=1S/C28H25F4N7O2/c29-18-10-12-39(13-11-18)21-14-17(28(30,31)32)15-35-23(21)24(33)41-27(34)38-25-26(40)36-20-9-5-4-8-19(20)22(37-25)16-6-2-1-3-7-16/h1-9,14-15,18,25,33H,10-13H2,(H2,34,38)(H,36,40)/t25-/m1/s1. The summed E-state index contributed by atoms with van der Waals surface area (Å²) >= 11 is 0. The molecule has 0 saturated carbocycles. The molecule has 1 amide bonds. The number of hydrogen-bond acceptors (Lipinski definition) is 7. The second-order valence-corrected chi connectivity index (χ2v) is 9.44. The van der Waals surface area contributed by atoms with Gasteiger partial charge in [-0.3, -0.25) is 15.6 Å². The molecule has 212 valence electrons. The van der Waals surface area contributed by atoms with E-state index in [4.69, 9.17) is 15.6 Å². The number of carbonyl (C=O) groups is 1. The van der Waals surface area contributed by atoms with Crippen LogP contribution in [-0.4, -0.2) is 53.9 Å². The maximum absolute atomic E-state index is 13.7. The number of aromatic nitrogens is 1. The summed E-state index contributed by atoms with van der Waals surface area (Å²) in [6.07, 6.45) is -6.29. The van der Waals surface area contributed by atoms with Gasteiger partial charge in [0.1, 0.15) is 11.9 Å². The highest BCUT2D eigenvalue weighted by Crippen LogP contribution is 2.34. The van der Waals surface area contributed by atoms with Crippen molar-refractivity contribution in [2.75, 3.05) is 23.3 Å². The summed E-state index contributed by atoms with van der Waals surface area (Å²) < 4.78 is 59.3. The van der Waals surface area contributed by atoms with Crippen LogP contribution >= 0.6 is 0 Å². The maximum atomic E-state index is 13.7. The van der Waals surface area contributed by atoms with E-state index in [1.807, 2.05) is 30.3 Å². The molecule has 2 aromatic carbocycles. The number of rotatable bonds is 4. The van der Waals surface area contributed by atoms with Crippen LogP contribution in [-0.2, 0) is 15.7 Å². The van der Waals surface area contributed by atoms with Crippen LogP contribution in [0.5, 0.6) is 0 Å². The van der Waals surface area contributed by atoms with Crippen molar-refractivity contribution in [3.8, 4) is 0 Å². The molecule has 0 spiro atoms. The van der Waals surface area contributed by atoms with E-state index in [1.165, 1.54) is 4.90 Å². The maximum Gasteiger partial charge on any atom is 0.417 e. The van der Waals surface area contributed by atoms with E-state index in [0.29, 0.717) is 23.2 Å². The first-order chi connectivity index (χ1) is 19.6. The number of amides is 1. The van der Waals surface area contributed by atoms with Crippen molar-refractivity contribution in [1.29, 1.82) is 10.8 Å². The molecule has 3 aromatic rings.